The number of anilines is 1. The van der Waals surface area contributed by atoms with Crippen molar-refractivity contribution in [1.82, 2.24) is 9.97 Å². The van der Waals surface area contributed by atoms with Crippen LogP contribution in [0.1, 0.15) is 29.4 Å². The van der Waals surface area contributed by atoms with Crippen LogP contribution in [-0.2, 0) is 5.54 Å². The van der Waals surface area contributed by atoms with Gasteiger partial charge in [-0.25, -0.2) is 9.97 Å². The molecule has 3 N–H and O–H groups in total. The molecule has 8 heteroatoms. The minimum absolute atomic E-state index is 0.283. The van der Waals surface area contributed by atoms with Crippen LogP contribution in [0.2, 0.25) is 0 Å². The molecule has 1 aliphatic heterocycles. The first-order chi connectivity index (χ1) is 12.0. The topological polar surface area (TPSA) is 93.3 Å². The van der Waals surface area contributed by atoms with Gasteiger partial charge < -0.3 is 11.1 Å². The molecule has 0 unspecified atom stereocenters. The lowest BCUT2D eigenvalue weighted by atomic mass is 9.89. The van der Waals surface area contributed by atoms with Crippen LogP contribution >= 0.6 is 23.5 Å². The maximum Gasteiger partial charge on any atom is 0.275 e. The highest BCUT2D eigenvalue weighted by atomic mass is 32.2. The number of carbonyl (C=O) groups is 1. The van der Waals surface area contributed by atoms with Gasteiger partial charge in [0.15, 0.2) is 5.17 Å². The molecule has 0 spiro atoms. The van der Waals surface area contributed by atoms with Crippen molar-refractivity contribution in [3.05, 3.63) is 47.9 Å². The van der Waals surface area contributed by atoms with Crippen molar-refractivity contribution in [2.45, 2.75) is 23.9 Å². The molecule has 1 atom stereocenters. The second-order valence-corrected chi connectivity index (χ2v) is 7.74. The first-order valence-corrected chi connectivity index (χ1v) is 9.97. The zero-order valence-corrected chi connectivity index (χ0v) is 15.7. The van der Waals surface area contributed by atoms with Gasteiger partial charge in [-0.2, -0.15) is 0 Å². The molecule has 2 heterocycles. The van der Waals surface area contributed by atoms with Crippen LogP contribution in [0.15, 0.2) is 46.7 Å². The first kappa shape index (κ1) is 17.8. The van der Waals surface area contributed by atoms with E-state index in [1.807, 2.05) is 30.5 Å². The van der Waals surface area contributed by atoms with Crippen LogP contribution in [0, 0.1) is 0 Å². The third-order valence-electron chi connectivity index (χ3n) is 4.01. The molecular formula is C17H19N5OS2. The smallest absolute Gasteiger partial charge is 0.275 e. The van der Waals surface area contributed by atoms with E-state index >= 15 is 0 Å². The highest BCUT2D eigenvalue weighted by molar-refractivity contribution is 8.13. The van der Waals surface area contributed by atoms with E-state index in [4.69, 9.17) is 5.73 Å². The largest absolute Gasteiger partial charge is 0.379 e. The number of aromatic nitrogens is 2. The van der Waals surface area contributed by atoms with E-state index in [2.05, 4.69) is 27.2 Å². The maximum atomic E-state index is 12.4. The van der Waals surface area contributed by atoms with Gasteiger partial charge in [0.25, 0.3) is 5.91 Å². The van der Waals surface area contributed by atoms with E-state index in [1.165, 1.54) is 18.0 Å². The van der Waals surface area contributed by atoms with Crippen LogP contribution in [-0.4, -0.2) is 33.1 Å². The Morgan fingerprint density at radius 3 is 2.88 bits per heavy atom. The van der Waals surface area contributed by atoms with Crippen LogP contribution in [0.3, 0.4) is 0 Å². The lowest BCUT2D eigenvalue weighted by Gasteiger charge is -2.30. The van der Waals surface area contributed by atoms with E-state index in [0.717, 1.165) is 22.8 Å². The summed E-state index contributed by atoms with van der Waals surface area (Å²) in [5.41, 5.74) is 7.54. The van der Waals surface area contributed by atoms with Crippen LogP contribution in [0.25, 0.3) is 0 Å². The van der Waals surface area contributed by atoms with Gasteiger partial charge in [-0.05, 0) is 37.3 Å². The number of amides is 1. The van der Waals surface area contributed by atoms with Crippen molar-refractivity contribution in [2.24, 2.45) is 10.7 Å². The zero-order valence-electron chi connectivity index (χ0n) is 14.0. The van der Waals surface area contributed by atoms with Gasteiger partial charge in [0.05, 0.1) is 17.9 Å². The molecule has 1 amide bonds. The number of hydrogen-bond acceptors (Lipinski definition) is 7. The molecule has 0 radical (unpaired) electrons. The van der Waals surface area contributed by atoms with Gasteiger partial charge >= 0.3 is 0 Å². The maximum absolute atomic E-state index is 12.4. The van der Waals surface area contributed by atoms with E-state index < -0.39 is 0 Å². The molecule has 3 rings (SSSR count). The predicted octanol–water partition coefficient (Wildman–Crippen LogP) is 3.12. The Labute approximate surface area is 155 Å². The zero-order chi connectivity index (χ0) is 17.9. The van der Waals surface area contributed by atoms with Gasteiger partial charge in [-0.15, -0.1) is 11.8 Å². The van der Waals surface area contributed by atoms with E-state index in [1.54, 1.807) is 18.0 Å². The summed E-state index contributed by atoms with van der Waals surface area (Å²) in [5.74, 6) is 0.643. The molecule has 0 saturated heterocycles. The monoisotopic (exact) mass is 373 g/mol. The summed E-state index contributed by atoms with van der Waals surface area (Å²) in [6.07, 6.45) is 5.89. The van der Waals surface area contributed by atoms with Crippen molar-refractivity contribution >= 4 is 40.3 Å². The standard InChI is InChI=1S/C17H19N5OS2/c1-17(6-7-25-16(18)22-17)11-4-3-5-12(8-11)21-15(23)13-9-20-14(24-2)10-19-13/h3-5,8-10H,6-7H2,1-2H3,(H2,18,22)(H,21,23)/t17-/m0/s1. The highest BCUT2D eigenvalue weighted by Crippen LogP contribution is 2.35. The Kier molecular flexibility index (Phi) is 5.29. The number of nitrogens with one attached hydrogen (secondary N) is 1. The Morgan fingerprint density at radius 2 is 2.20 bits per heavy atom. The molecule has 25 heavy (non-hydrogen) atoms. The van der Waals surface area contributed by atoms with Crippen LogP contribution in [0.4, 0.5) is 5.69 Å². The number of nitrogens with two attached hydrogens (primary N) is 1. The van der Waals surface area contributed by atoms with Crippen molar-refractivity contribution in [3.63, 3.8) is 0 Å². The number of benzene rings is 1. The third kappa shape index (κ3) is 4.13. The average molecular weight is 374 g/mol. The summed E-state index contributed by atoms with van der Waals surface area (Å²) in [6, 6.07) is 7.70. The Morgan fingerprint density at radius 1 is 1.36 bits per heavy atom. The Balaban J connectivity index is 1.79. The molecule has 2 aromatic rings. The second kappa shape index (κ2) is 7.45. The fraction of sp³-hybridized carbons (Fsp3) is 0.294. The number of hydrogen-bond donors (Lipinski definition) is 2. The Hall–Kier alpha value is -2.06. The van der Waals surface area contributed by atoms with Crippen LogP contribution < -0.4 is 11.1 Å². The molecule has 1 aromatic heterocycles. The first-order valence-electron chi connectivity index (χ1n) is 7.76. The summed E-state index contributed by atoms with van der Waals surface area (Å²) >= 11 is 3.05. The molecule has 0 saturated carbocycles. The molecule has 130 valence electrons. The molecular weight excluding hydrogens is 354 g/mol. The third-order valence-corrected chi connectivity index (χ3v) is 5.43. The van der Waals surface area contributed by atoms with Crippen molar-refractivity contribution in [2.75, 3.05) is 17.3 Å². The van der Waals surface area contributed by atoms with Crippen molar-refractivity contribution in [1.29, 1.82) is 0 Å². The van der Waals surface area contributed by atoms with Crippen LogP contribution in [0.5, 0.6) is 0 Å². The summed E-state index contributed by atoms with van der Waals surface area (Å²) < 4.78 is 0. The van der Waals surface area contributed by atoms with E-state index in [9.17, 15) is 4.79 Å². The number of thioether (sulfide) groups is 2. The minimum atomic E-state index is -0.365. The van der Waals surface area contributed by atoms with Gasteiger partial charge in [0, 0.05) is 11.4 Å². The lowest BCUT2D eigenvalue weighted by Crippen LogP contribution is -2.28. The van der Waals surface area contributed by atoms with E-state index in [0.29, 0.717) is 10.9 Å². The summed E-state index contributed by atoms with van der Waals surface area (Å²) in [7, 11) is 0. The molecule has 6 nitrogen and oxygen atoms in total. The van der Waals surface area contributed by atoms with Gasteiger partial charge in [0.1, 0.15) is 10.7 Å². The lowest BCUT2D eigenvalue weighted by molar-refractivity contribution is 0.102. The molecule has 0 bridgehead atoms. The predicted molar refractivity (Wildman–Crippen MR) is 104 cm³/mol. The Bertz CT molecular complexity index is 809. The number of nitrogens with zero attached hydrogens (tertiary/aromatic N) is 3. The molecule has 1 aliphatic rings. The minimum Gasteiger partial charge on any atom is -0.379 e. The van der Waals surface area contributed by atoms with Gasteiger partial charge in [0.2, 0.25) is 0 Å². The van der Waals surface area contributed by atoms with Crippen molar-refractivity contribution < 1.29 is 4.79 Å². The molecule has 0 fully saturated rings. The second-order valence-electron chi connectivity index (χ2n) is 5.80. The van der Waals surface area contributed by atoms with Gasteiger partial charge in [-0.1, -0.05) is 23.9 Å². The number of rotatable bonds is 4. The fourth-order valence-electron chi connectivity index (χ4n) is 2.56. The van der Waals surface area contributed by atoms with Crippen molar-refractivity contribution in [3.8, 4) is 0 Å². The highest BCUT2D eigenvalue weighted by Gasteiger charge is 2.29. The average Bonchev–Trinajstić information content (AvgIpc) is 2.62. The van der Waals surface area contributed by atoms with Gasteiger partial charge in [-0.3, -0.25) is 9.79 Å². The number of carbonyl (C=O) groups excluding carboxylic acids is 1. The quantitative estimate of drug-likeness (QED) is 0.800. The van der Waals surface area contributed by atoms with E-state index in [-0.39, 0.29) is 17.1 Å². The normalized spacial score (nSPS) is 20.0. The summed E-state index contributed by atoms with van der Waals surface area (Å²) in [6.45, 7) is 2.06. The number of aliphatic imine (C=N–C) groups is 1. The fourth-order valence-corrected chi connectivity index (χ4v) is 3.85. The molecule has 1 aromatic carbocycles. The number of amidine groups is 1. The summed E-state index contributed by atoms with van der Waals surface area (Å²) in [5, 5.41) is 4.25. The summed E-state index contributed by atoms with van der Waals surface area (Å²) in [4.78, 5) is 25.3. The molecule has 0 aliphatic carbocycles. The SMILES string of the molecule is CSc1cnc(C(=O)Nc2cccc([C@]3(C)CCSC(N)=N3)c2)cn1.